The Balaban J connectivity index is 1.66. The Morgan fingerprint density at radius 2 is 1.93 bits per heavy atom. The molecule has 0 aliphatic rings. The van der Waals surface area contributed by atoms with Crippen LogP contribution in [-0.4, -0.2) is 23.2 Å². The van der Waals surface area contributed by atoms with E-state index in [-0.39, 0.29) is 12.3 Å². The molecule has 0 atom stereocenters. The van der Waals surface area contributed by atoms with Crippen molar-refractivity contribution in [3.05, 3.63) is 86.0 Å². The van der Waals surface area contributed by atoms with Crippen molar-refractivity contribution >= 4 is 40.9 Å². The Morgan fingerprint density at radius 3 is 2.57 bits per heavy atom. The summed E-state index contributed by atoms with van der Waals surface area (Å²) in [5, 5.41) is 15.8. The lowest BCUT2D eigenvalue weighted by molar-refractivity contribution is -0.385. The van der Waals surface area contributed by atoms with Crippen LogP contribution in [0.15, 0.2) is 59.8 Å². The molecule has 0 saturated heterocycles. The summed E-state index contributed by atoms with van der Waals surface area (Å²) in [4.78, 5) is 14.0. The highest BCUT2D eigenvalue weighted by Gasteiger charge is 2.10. The van der Waals surface area contributed by atoms with Crippen molar-refractivity contribution in [2.24, 2.45) is 5.10 Å². The zero-order chi connectivity index (χ0) is 21.5. The van der Waals surface area contributed by atoms with Gasteiger partial charge in [-0.25, -0.2) is 4.98 Å². The van der Waals surface area contributed by atoms with Gasteiger partial charge in [0.1, 0.15) is 18.6 Å². The van der Waals surface area contributed by atoms with Gasteiger partial charge in [0.2, 0.25) is 0 Å². The van der Waals surface area contributed by atoms with E-state index in [9.17, 15) is 10.1 Å². The van der Waals surface area contributed by atoms with E-state index in [0.29, 0.717) is 32.9 Å². The Labute approximate surface area is 182 Å². The van der Waals surface area contributed by atoms with Crippen molar-refractivity contribution in [1.29, 1.82) is 0 Å². The largest absolute Gasteiger partial charge is 0.493 e. The molecule has 0 aliphatic heterocycles. The molecule has 0 fully saturated rings. The lowest BCUT2D eigenvalue weighted by Gasteiger charge is -2.13. The number of hydrogen-bond donors (Lipinski definition) is 1. The van der Waals surface area contributed by atoms with E-state index in [1.54, 1.807) is 42.6 Å². The third kappa shape index (κ3) is 5.37. The molecule has 1 heterocycles. The molecule has 0 amide bonds. The maximum Gasteiger partial charge on any atom is 0.287 e. The summed E-state index contributed by atoms with van der Waals surface area (Å²) in [6, 6.07) is 13.3. The van der Waals surface area contributed by atoms with Crippen LogP contribution in [0.2, 0.25) is 10.0 Å². The first-order valence-electron chi connectivity index (χ1n) is 8.61. The van der Waals surface area contributed by atoms with Crippen LogP contribution in [0.25, 0.3) is 0 Å². The Hall–Kier alpha value is -3.36. The average Bonchev–Trinajstić information content (AvgIpc) is 2.74. The topological polar surface area (TPSA) is 98.9 Å². The number of hydrogen-bond acceptors (Lipinski definition) is 7. The molecule has 0 aliphatic carbocycles. The second kappa shape index (κ2) is 9.91. The van der Waals surface area contributed by atoms with Gasteiger partial charge in [0, 0.05) is 21.7 Å². The van der Waals surface area contributed by atoms with Gasteiger partial charge in [-0.05, 0) is 42.0 Å². The van der Waals surface area contributed by atoms with E-state index in [0.717, 1.165) is 11.8 Å². The molecule has 0 radical (unpaired) electrons. The van der Waals surface area contributed by atoms with Crippen LogP contribution < -0.4 is 14.9 Å². The van der Waals surface area contributed by atoms with Gasteiger partial charge < -0.3 is 9.47 Å². The van der Waals surface area contributed by atoms with Crippen molar-refractivity contribution in [2.45, 2.75) is 6.61 Å². The first-order chi connectivity index (χ1) is 14.5. The summed E-state index contributed by atoms with van der Waals surface area (Å²) in [5.41, 5.74) is 4.04. The minimum atomic E-state index is -0.518. The summed E-state index contributed by atoms with van der Waals surface area (Å²) in [7, 11) is 1.53. The van der Waals surface area contributed by atoms with E-state index in [1.807, 2.05) is 0 Å². The normalized spacial score (nSPS) is 10.8. The summed E-state index contributed by atoms with van der Waals surface area (Å²) >= 11 is 12.3. The zero-order valence-electron chi connectivity index (χ0n) is 15.7. The number of anilines is 1. The van der Waals surface area contributed by atoms with Gasteiger partial charge in [-0.3, -0.25) is 15.5 Å². The predicted molar refractivity (Wildman–Crippen MR) is 116 cm³/mol. The highest BCUT2D eigenvalue weighted by Crippen LogP contribution is 2.31. The number of halogens is 2. The molecule has 30 heavy (non-hydrogen) atoms. The second-order valence-electron chi connectivity index (χ2n) is 5.93. The summed E-state index contributed by atoms with van der Waals surface area (Å²) in [6.45, 7) is 0.190. The van der Waals surface area contributed by atoms with E-state index in [4.69, 9.17) is 32.7 Å². The maximum absolute atomic E-state index is 10.6. The molecular weight excluding hydrogens is 431 g/mol. The number of aromatic nitrogens is 1. The number of nitrogens with one attached hydrogen (secondary N) is 1. The SMILES string of the molecule is COc1cc(/C=N\Nc2ccc([N+](=O)[O-])cn2)ccc1OCc1c(Cl)cccc1Cl. The van der Waals surface area contributed by atoms with E-state index in [1.165, 1.54) is 19.2 Å². The fourth-order valence-corrected chi connectivity index (χ4v) is 2.94. The lowest BCUT2D eigenvalue weighted by Crippen LogP contribution is -2.00. The van der Waals surface area contributed by atoms with Gasteiger partial charge >= 0.3 is 0 Å². The predicted octanol–water partition coefficient (Wildman–Crippen LogP) is 5.33. The van der Waals surface area contributed by atoms with E-state index in [2.05, 4.69) is 15.5 Å². The third-order valence-electron chi connectivity index (χ3n) is 3.97. The number of nitro groups is 1. The molecule has 8 nitrogen and oxygen atoms in total. The molecule has 0 unspecified atom stereocenters. The van der Waals surface area contributed by atoms with Gasteiger partial charge in [0.25, 0.3) is 5.69 Å². The minimum absolute atomic E-state index is 0.0945. The zero-order valence-corrected chi connectivity index (χ0v) is 17.2. The van der Waals surface area contributed by atoms with Crippen LogP contribution in [0.1, 0.15) is 11.1 Å². The molecule has 1 aromatic heterocycles. The number of hydrazone groups is 1. The standard InChI is InChI=1S/C20H16Cl2N4O4/c1-29-19-9-13(10-24-25-20-8-6-14(11-23-20)26(27)28)5-7-18(19)30-12-15-16(21)3-2-4-17(15)22/h2-11H,12H2,1H3,(H,23,25)/b24-10-. The second-order valence-corrected chi connectivity index (χ2v) is 6.74. The molecular formula is C20H16Cl2N4O4. The summed E-state index contributed by atoms with van der Waals surface area (Å²) in [5.74, 6) is 1.41. The molecule has 10 heteroatoms. The average molecular weight is 447 g/mol. The molecule has 0 saturated carbocycles. The van der Waals surface area contributed by atoms with Crippen molar-refractivity contribution in [3.63, 3.8) is 0 Å². The number of methoxy groups -OCH3 is 1. The third-order valence-corrected chi connectivity index (χ3v) is 4.68. The molecule has 154 valence electrons. The molecule has 0 bridgehead atoms. The maximum atomic E-state index is 10.6. The fourth-order valence-electron chi connectivity index (χ4n) is 2.44. The first-order valence-corrected chi connectivity index (χ1v) is 9.37. The summed E-state index contributed by atoms with van der Waals surface area (Å²) in [6.07, 6.45) is 2.71. The van der Waals surface area contributed by atoms with Gasteiger partial charge in [-0.1, -0.05) is 29.3 Å². The smallest absolute Gasteiger partial charge is 0.287 e. The van der Waals surface area contributed by atoms with Gasteiger partial charge in [0.15, 0.2) is 11.5 Å². The van der Waals surface area contributed by atoms with Crippen LogP contribution in [0.3, 0.4) is 0 Å². The van der Waals surface area contributed by atoms with Gasteiger partial charge in [-0.2, -0.15) is 5.10 Å². The van der Waals surface area contributed by atoms with Crippen LogP contribution >= 0.6 is 23.2 Å². The Morgan fingerprint density at radius 1 is 1.17 bits per heavy atom. The van der Waals surface area contributed by atoms with Crippen molar-refractivity contribution < 1.29 is 14.4 Å². The Bertz CT molecular complexity index is 1050. The van der Waals surface area contributed by atoms with Gasteiger partial charge in [0.05, 0.1) is 18.2 Å². The van der Waals surface area contributed by atoms with E-state index >= 15 is 0 Å². The minimum Gasteiger partial charge on any atom is -0.493 e. The van der Waals surface area contributed by atoms with Gasteiger partial charge in [-0.15, -0.1) is 0 Å². The monoisotopic (exact) mass is 446 g/mol. The van der Waals surface area contributed by atoms with Crippen LogP contribution in [0, 0.1) is 10.1 Å². The molecule has 1 N–H and O–H groups in total. The van der Waals surface area contributed by atoms with Crippen molar-refractivity contribution in [3.8, 4) is 11.5 Å². The number of ether oxygens (including phenoxy) is 2. The molecule has 2 aromatic carbocycles. The fraction of sp³-hybridized carbons (Fsp3) is 0.100. The van der Waals surface area contributed by atoms with Crippen LogP contribution in [0.4, 0.5) is 11.5 Å². The van der Waals surface area contributed by atoms with E-state index < -0.39 is 4.92 Å². The number of pyridine rings is 1. The quantitative estimate of drug-likeness (QED) is 0.285. The lowest BCUT2D eigenvalue weighted by atomic mass is 10.2. The highest BCUT2D eigenvalue weighted by molar-refractivity contribution is 6.35. The van der Waals surface area contributed by atoms with Crippen LogP contribution in [-0.2, 0) is 6.61 Å². The first kappa shape index (κ1) is 21.4. The number of nitrogens with zero attached hydrogens (tertiary/aromatic N) is 3. The number of rotatable bonds is 8. The Kier molecular flexibility index (Phi) is 7.05. The molecule has 0 spiro atoms. The van der Waals surface area contributed by atoms with Crippen LogP contribution in [0.5, 0.6) is 11.5 Å². The van der Waals surface area contributed by atoms with Crippen molar-refractivity contribution in [2.75, 3.05) is 12.5 Å². The number of benzene rings is 2. The van der Waals surface area contributed by atoms with Crippen molar-refractivity contribution in [1.82, 2.24) is 4.98 Å². The summed E-state index contributed by atoms with van der Waals surface area (Å²) < 4.78 is 11.2. The highest BCUT2D eigenvalue weighted by atomic mass is 35.5. The molecule has 3 aromatic rings. The molecule has 3 rings (SSSR count).